The Bertz CT molecular complexity index is 936. The molecule has 0 N–H and O–H groups in total. The third kappa shape index (κ3) is 3.06. The Balaban J connectivity index is 2.10. The first-order valence-corrected chi connectivity index (χ1v) is 7.07. The summed E-state index contributed by atoms with van der Waals surface area (Å²) < 4.78 is 10.5. The van der Waals surface area contributed by atoms with Gasteiger partial charge < -0.3 is 9.15 Å². The van der Waals surface area contributed by atoms with Crippen molar-refractivity contribution in [1.82, 2.24) is 0 Å². The summed E-state index contributed by atoms with van der Waals surface area (Å²) >= 11 is 0. The predicted octanol–water partition coefficient (Wildman–Crippen LogP) is 3.70. The second-order valence-corrected chi connectivity index (χ2v) is 4.92. The standard InChI is InChI=1S/C19H14O4/c1-22-16-11-8-14-9-12-17(21)23-19(14)18(16)15(20)10-7-13-5-3-2-4-6-13/h2-12H,1H3/b10-7+. The van der Waals surface area contributed by atoms with Crippen LogP contribution in [0.2, 0.25) is 0 Å². The zero-order valence-electron chi connectivity index (χ0n) is 12.5. The van der Waals surface area contributed by atoms with Gasteiger partial charge in [0.2, 0.25) is 0 Å². The van der Waals surface area contributed by atoms with E-state index in [-0.39, 0.29) is 16.9 Å². The Kier molecular flexibility index (Phi) is 4.06. The van der Waals surface area contributed by atoms with Crippen LogP contribution in [-0.2, 0) is 0 Å². The van der Waals surface area contributed by atoms with E-state index in [1.54, 1.807) is 24.3 Å². The molecule has 23 heavy (non-hydrogen) atoms. The summed E-state index contributed by atoms with van der Waals surface area (Å²) in [5, 5.41) is 0.668. The number of ether oxygens (including phenoxy) is 1. The maximum Gasteiger partial charge on any atom is 0.336 e. The first kappa shape index (κ1) is 14.8. The largest absolute Gasteiger partial charge is 0.496 e. The summed E-state index contributed by atoms with van der Waals surface area (Å²) in [4.78, 5) is 24.1. The molecule has 0 atom stereocenters. The van der Waals surface area contributed by atoms with Crippen molar-refractivity contribution in [2.45, 2.75) is 0 Å². The lowest BCUT2D eigenvalue weighted by Gasteiger charge is -2.08. The van der Waals surface area contributed by atoms with Gasteiger partial charge in [-0.25, -0.2) is 4.79 Å². The van der Waals surface area contributed by atoms with E-state index in [0.29, 0.717) is 11.1 Å². The molecule has 0 spiro atoms. The topological polar surface area (TPSA) is 56.5 Å². The van der Waals surface area contributed by atoms with Gasteiger partial charge in [0.05, 0.1) is 7.11 Å². The van der Waals surface area contributed by atoms with Gasteiger partial charge in [0, 0.05) is 11.5 Å². The molecule has 0 bridgehead atoms. The number of carbonyl (C=O) groups excluding carboxylic acids is 1. The summed E-state index contributed by atoms with van der Waals surface area (Å²) in [5.74, 6) is 0.0835. The van der Waals surface area contributed by atoms with Crippen molar-refractivity contribution in [1.29, 1.82) is 0 Å². The van der Waals surface area contributed by atoms with Gasteiger partial charge in [-0.2, -0.15) is 0 Å². The number of ketones is 1. The third-order valence-corrected chi connectivity index (χ3v) is 3.44. The van der Waals surface area contributed by atoms with Gasteiger partial charge in [-0.3, -0.25) is 4.79 Å². The van der Waals surface area contributed by atoms with Gasteiger partial charge >= 0.3 is 5.63 Å². The molecular formula is C19H14O4. The van der Waals surface area contributed by atoms with E-state index in [4.69, 9.17) is 9.15 Å². The maximum atomic E-state index is 12.6. The Hall–Kier alpha value is -3.14. The fourth-order valence-electron chi connectivity index (χ4n) is 2.34. The molecule has 3 rings (SSSR count). The molecule has 0 unspecified atom stereocenters. The van der Waals surface area contributed by atoms with E-state index in [1.807, 2.05) is 30.3 Å². The number of rotatable bonds is 4. The number of allylic oxidation sites excluding steroid dienone is 1. The average Bonchev–Trinajstić information content (AvgIpc) is 2.59. The predicted molar refractivity (Wildman–Crippen MR) is 88.8 cm³/mol. The van der Waals surface area contributed by atoms with Gasteiger partial charge in [-0.1, -0.05) is 36.4 Å². The van der Waals surface area contributed by atoms with Crippen molar-refractivity contribution in [2.75, 3.05) is 7.11 Å². The minimum atomic E-state index is -0.508. The molecule has 0 radical (unpaired) electrons. The Morgan fingerprint density at radius 1 is 1.04 bits per heavy atom. The van der Waals surface area contributed by atoms with Gasteiger partial charge in [-0.05, 0) is 29.8 Å². The molecule has 0 aliphatic heterocycles. The zero-order valence-corrected chi connectivity index (χ0v) is 12.5. The van der Waals surface area contributed by atoms with Crippen LogP contribution in [0, 0.1) is 0 Å². The molecule has 1 heterocycles. The highest BCUT2D eigenvalue weighted by Crippen LogP contribution is 2.28. The van der Waals surface area contributed by atoms with Crippen LogP contribution in [-0.4, -0.2) is 12.9 Å². The summed E-state index contributed by atoms with van der Waals surface area (Å²) in [6, 6.07) is 15.8. The zero-order chi connectivity index (χ0) is 16.2. The van der Waals surface area contributed by atoms with E-state index in [9.17, 15) is 9.59 Å². The normalized spacial score (nSPS) is 11.0. The number of hydrogen-bond acceptors (Lipinski definition) is 4. The molecular weight excluding hydrogens is 292 g/mol. The molecule has 0 aliphatic rings. The quantitative estimate of drug-likeness (QED) is 0.419. The summed E-state index contributed by atoms with van der Waals surface area (Å²) in [6.07, 6.45) is 3.15. The van der Waals surface area contributed by atoms with Gasteiger partial charge in [-0.15, -0.1) is 0 Å². The van der Waals surface area contributed by atoms with Crippen LogP contribution in [0.4, 0.5) is 0 Å². The lowest BCUT2D eigenvalue weighted by Crippen LogP contribution is -2.03. The van der Waals surface area contributed by atoms with Crippen LogP contribution in [0.1, 0.15) is 15.9 Å². The number of benzene rings is 2. The van der Waals surface area contributed by atoms with Crippen LogP contribution in [0.5, 0.6) is 5.75 Å². The van der Waals surface area contributed by atoms with Crippen molar-refractivity contribution in [3.8, 4) is 5.75 Å². The minimum absolute atomic E-state index is 0.236. The van der Waals surface area contributed by atoms with E-state index in [1.165, 1.54) is 19.3 Å². The molecule has 0 saturated heterocycles. The van der Waals surface area contributed by atoms with Gasteiger partial charge in [0.1, 0.15) is 11.3 Å². The SMILES string of the molecule is COc1ccc2ccc(=O)oc2c1C(=O)/C=C/c1ccccc1. The first-order chi connectivity index (χ1) is 11.2. The minimum Gasteiger partial charge on any atom is -0.496 e. The van der Waals surface area contributed by atoms with Crippen molar-refractivity contribution >= 4 is 22.8 Å². The molecule has 114 valence electrons. The van der Waals surface area contributed by atoms with Crippen LogP contribution in [0.3, 0.4) is 0 Å². The number of methoxy groups -OCH3 is 1. The molecule has 0 aliphatic carbocycles. The maximum absolute atomic E-state index is 12.6. The van der Waals surface area contributed by atoms with E-state index < -0.39 is 5.63 Å². The van der Waals surface area contributed by atoms with Gasteiger partial charge in [0.25, 0.3) is 0 Å². The van der Waals surface area contributed by atoms with Crippen LogP contribution >= 0.6 is 0 Å². The fraction of sp³-hybridized carbons (Fsp3) is 0.0526. The highest BCUT2D eigenvalue weighted by Gasteiger charge is 2.16. The molecule has 1 aromatic heterocycles. The van der Waals surface area contributed by atoms with Crippen molar-refractivity contribution < 1.29 is 13.9 Å². The lowest BCUT2D eigenvalue weighted by atomic mass is 10.0. The number of fused-ring (bicyclic) bond motifs is 1. The molecule has 0 saturated carbocycles. The van der Waals surface area contributed by atoms with E-state index >= 15 is 0 Å². The second-order valence-electron chi connectivity index (χ2n) is 4.92. The summed E-state index contributed by atoms with van der Waals surface area (Å²) in [7, 11) is 1.47. The molecule has 4 nitrogen and oxygen atoms in total. The van der Waals surface area contributed by atoms with E-state index in [2.05, 4.69) is 0 Å². The Morgan fingerprint density at radius 3 is 2.52 bits per heavy atom. The molecule has 2 aromatic carbocycles. The Morgan fingerprint density at radius 2 is 1.78 bits per heavy atom. The monoisotopic (exact) mass is 306 g/mol. The summed E-state index contributed by atoms with van der Waals surface area (Å²) in [6.45, 7) is 0. The van der Waals surface area contributed by atoms with Crippen molar-refractivity contribution in [3.05, 3.63) is 82.2 Å². The van der Waals surface area contributed by atoms with Crippen LogP contribution in [0.25, 0.3) is 17.0 Å². The molecule has 3 aromatic rings. The van der Waals surface area contributed by atoms with Crippen molar-refractivity contribution in [2.24, 2.45) is 0 Å². The highest BCUT2D eigenvalue weighted by atomic mass is 16.5. The van der Waals surface area contributed by atoms with Gasteiger partial charge in [0.15, 0.2) is 11.4 Å². The van der Waals surface area contributed by atoms with E-state index in [0.717, 1.165) is 5.56 Å². The lowest BCUT2D eigenvalue weighted by molar-refractivity contribution is 0.104. The van der Waals surface area contributed by atoms with Crippen molar-refractivity contribution in [3.63, 3.8) is 0 Å². The smallest absolute Gasteiger partial charge is 0.336 e. The fourth-order valence-corrected chi connectivity index (χ4v) is 2.34. The van der Waals surface area contributed by atoms with Crippen LogP contribution < -0.4 is 10.4 Å². The second kappa shape index (κ2) is 6.32. The molecule has 4 heteroatoms. The molecule has 0 fully saturated rings. The Labute approximate surface area is 132 Å². The number of carbonyl (C=O) groups is 1. The first-order valence-electron chi connectivity index (χ1n) is 7.07. The number of hydrogen-bond donors (Lipinski definition) is 0. The average molecular weight is 306 g/mol. The molecule has 0 amide bonds. The summed E-state index contributed by atoms with van der Waals surface area (Å²) in [5.41, 5.74) is 0.878. The van der Waals surface area contributed by atoms with Crippen LogP contribution in [0.15, 0.2) is 69.9 Å². The highest BCUT2D eigenvalue weighted by molar-refractivity contribution is 6.15. The third-order valence-electron chi connectivity index (χ3n) is 3.44.